The molecular weight excluding hydrogens is 310 g/mol. The summed E-state index contributed by atoms with van der Waals surface area (Å²) >= 11 is 0. The summed E-state index contributed by atoms with van der Waals surface area (Å²) in [6.07, 6.45) is 6.79. The quantitative estimate of drug-likeness (QED) is 0.715. The molecule has 25 heavy (non-hydrogen) atoms. The van der Waals surface area contributed by atoms with E-state index in [-0.39, 0.29) is 11.3 Å². The SMILES string of the molecule is CC(C)(C)c1ccc(C=CC(=O)Nc2ccc3cccnc3c2)cn1. The van der Waals surface area contributed by atoms with Gasteiger partial charge in [0.1, 0.15) is 0 Å². The van der Waals surface area contributed by atoms with Crippen LogP contribution in [0.5, 0.6) is 0 Å². The summed E-state index contributed by atoms with van der Waals surface area (Å²) in [7, 11) is 0. The summed E-state index contributed by atoms with van der Waals surface area (Å²) < 4.78 is 0. The molecule has 2 heterocycles. The van der Waals surface area contributed by atoms with Gasteiger partial charge in [-0.15, -0.1) is 0 Å². The van der Waals surface area contributed by atoms with Gasteiger partial charge in [-0.3, -0.25) is 14.8 Å². The van der Waals surface area contributed by atoms with E-state index in [9.17, 15) is 4.79 Å². The van der Waals surface area contributed by atoms with Crippen LogP contribution in [0.25, 0.3) is 17.0 Å². The predicted molar refractivity (Wildman–Crippen MR) is 102 cm³/mol. The Labute approximate surface area is 147 Å². The molecule has 4 nitrogen and oxygen atoms in total. The molecule has 126 valence electrons. The highest BCUT2D eigenvalue weighted by atomic mass is 16.1. The van der Waals surface area contributed by atoms with E-state index in [1.807, 2.05) is 42.5 Å². The van der Waals surface area contributed by atoms with Crippen molar-refractivity contribution >= 4 is 28.6 Å². The van der Waals surface area contributed by atoms with E-state index < -0.39 is 0 Å². The van der Waals surface area contributed by atoms with Crippen molar-refractivity contribution in [1.82, 2.24) is 9.97 Å². The number of carbonyl (C=O) groups excluding carboxylic acids is 1. The van der Waals surface area contributed by atoms with Crippen LogP contribution in [-0.2, 0) is 10.2 Å². The zero-order valence-electron chi connectivity index (χ0n) is 14.7. The van der Waals surface area contributed by atoms with Gasteiger partial charge in [-0.05, 0) is 35.9 Å². The molecule has 0 unspecified atom stereocenters. The van der Waals surface area contributed by atoms with Gasteiger partial charge in [0.15, 0.2) is 0 Å². The number of fused-ring (bicyclic) bond motifs is 1. The Morgan fingerprint density at radius 2 is 1.92 bits per heavy atom. The van der Waals surface area contributed by atoms with E-state index in [0.29, 0.717) is 0 Å². The molecule has 0 spiro atoms. The molecule has 0 radical (unpaired) electrons. The lowest BCUT2D eigenvalue weighted by Gasteiger charge is -2.17. The highest BCUT2D eigenvalue weighted by Crippen LogP contribution is 2.20. The lowest BCUT2D eigenvalue weighted by molar-refractivity contribution is -0.111. The van der Waals surface area contributed by atoms with Crippen molar-refractivity contribution in [2.45, 2.75) is 26.2 Å². The molecule has 1 amide bonds. The lowest BCUT2D eigenvalue weighted by Crippen LogP contribution is -2.13. The van der Waals surface area contributed by atoms with Gasteiger partial charge in [-0.1, -0.05) is 39.0 Å². The topological polar surface area (TPSA) is 54.9 Å². The Morgan fingerprint density at radius 1 is 1.08 bits per heavy atom. The summed E-state index contributed by atoms with van der Waals surface area (Å²) in [5.74, 6) is -0.185. The predicted octanol–water partition coefficient (Wildman–Crippen LogP) is 4.58. The van der Waals surface area contributed by atoms with Gasteiger partial charge in [-0.25, -0.2) is 0 Å². The van der Waals surface area contributed by atoms with Crippen molar-refractivity contribution in [3.05, 3.63) is 72.2 Å². The fraction of sp³-hybridized carbons (Fsp3) is 0.190. The van der Waals surface area contributed by atoms with Crippen molar-refractivity contribution in [2.24, 2.45) is 0 Å². The second-order valence-corrected chi connectivity index (χ2v) is 6.96. The normalized spacial score (nSPS) is 11.8. The number of hydrogen-bond acceptors (Lipinski definition) is 3. The third kappa shape index (κ3) is 4.29. The number of anilines is 1. The molecule has 4 heteroatoms. The maximum Gasteiger partial charge on any atom is 0.248 e. The second kappa shape index (κ2) is 6.85. The van der Waals surface area contributed by atoms with Gasteiger partial charge in [0.25, 0.3) is 0 Å². The number of rotatable bonds is 3. The standard InChI is InChI=1S/C21H21N3O/c1-21(2,3)19-10-6-15(14-23-19)7-11-20(25)24-17-9-8-16-5-4-12-22-18(16)13-17/h4-14H,1-3H3,(H,24,25). The highest BCUT2D eigenvalue weighted by Gasteiger charge is 2.14. The van der Waals surface area contributed by atoms with E-state index >= 15 is 0 Å². The molecular formula is C21H21N3O. The summed E-state index contributed by atoms with van der Waals surface area (Å²) in [6, 6.07) is 13.5. The number of nitrogens with zero attached hydrogens (tertiary/aromatic N) is 2. The maximum absolute atomic E-state index is 12.1. The summed E-state index contributed by atoms with van der Waals surface area (Å²) in [5.41, 5.74) is 3.51. The molecule has 0 bridgehead atoms. The summed E-state index contributed by atoms with van der Waals surface area (Å²) in [5, 5.41) is 3.90. The third-order valence-corrected chi connectivity index (χ3v) is 3.86. The Kier molecular flexibility index (Phi) is 4.61. The molecule has 0 fully saturated rings. The molecule has 0 atom stereocenters. The molecule has 3 rings (SSSR count). The highest BCUT2D eigenvalue weighted by molar-refractivity contribution is 6.02. The number of carbonyl (C=O) groups is 1. The first-order valence-electron chi connectivity index (χ1n) is 8.22. The van der Waals surface area contributed by atoms with Crippen molar-refractivity contribution in [1.29, 1.82) is 0 Å². The van der Waals surface area contributed by atoms with Gasteiger partial charge in [0.05, 0.1) is 5.52 Å². The smallest absolute Gasteiger partial charge is 0.248 e. The van der Waals surface area contributed by atoms with Gasteiger partial charge >= 0.3 is 0 Å². The van der Waals surface area contributed by atoms with Crippen LogP contribution in [0, 0.1) is 0 Å². The molecule has 3 aromatic rings. The van der Waals surface area contributed by atoms with Gasteiger partial charge in [0.2, 0.25) is 5.91 Å². The van der Waals surface area contributed by atoms with Crippen LogP contribution in [0.1, 0.15) is 32.0 Å². The minimum atomic E-state index is -0.185. The largest absolute Gasteiger partial charge is 0.322 e. The number of benzene rings is 1. The van der Waals surface area contributed by atoms with Gasteiger partial charge in [-0.2, -0.15) is 0 Å². The first-order valence-corrected chi connectivity index (χ1v) is 8.22. The van der Waals surface area contributed by atoms with Gasteiger partial charge < -0.3 is 5.32 Å². The monoisotopic (exact) mass is 331 g/mol. The van der Waals surface area contributed by atoms with Crippen molar-refractivity contribution in [3.63, 3.8) is 0 Å². The number of amides is 1. The number of nitrogens with one attached hydrogen (secondary N) is 1. The molecule has 1 aromatic carbocycles. The number of aromatic nitrogens is 2. The maximum atomic E-state index is 12.1. The second-order valence-electron chi connectivity index (χ2n) is 6.96. The summed E-state index contributed by atoms with van der Waals surface area (Å²) in [6.45, 7) is 6.37. The van der Waals surface area contributed by atoms with E-state index in [1.54, 1.807) is 18.5 Å². The Balaban J connectivity index is 1.67. The Hall–Kier alpha value is -3.01. The molecule has 2 aromatic heterocycles. The van der Waals surface area contributed by atoms with E-state index in [0.717, 1.165) is 27.8 Å². The first kappa shape index (κ1) is 16.8. The van der Waals surface area contributed by atoms with Crippen molar-refractivity contribution in [2.75, 3.05) is 5.32 Å². The fourth-order valence-electron chi connectivity index (χ4n) is 2.45. The van der Waals surface area contributed by atoms with Crippen LogP contribution < -0.4 is 5.32 Å². The van der Waals surface area contributed by atoms with Crippen LogP contribution in [0.15, 0.2) is 60.9 Å². The number of hydrogen-bond donors (Lipinski definition) is 1. The zero-order valence-corrected chi connectivity index (χ0v) is 14.7. The van der Waals surface area contributed by atoms with Crippen molar-refractivity contribution < 1.29 is 4.79 Å². The van der Waals surface area contributed by atoms with Crippen LogP contribution in [-0.4, -0.2) is 15.9 Å². The van der Waals surface area contributed by atoms with Crippen LogP contribution in [0.4, 0.5) is 5.69 Å². The van der Waals surface area contributed by atoms with E-state index in [2.05, 4.69) is 36.1 Å². The molecule has 0 aliphatic carbocycles. The third-order valence-electron chi connectivity index (χ3n) is 3.86. The average molecular weight is 331 g/mol. The van der Waals surface area contributed by atoms with Crippen LogP contribution in [0.2, 0.25) is 0 Å². The first-order chi connectivity index (χ1) is 11.9. The Morgan fingerprint density at radius 3 is 2.64 bits per heavy atom. The molecule has 0 aliphatic rings. The molecule has 0 saturated heterocycles. The van der Waals surface area contributed by atoms with Crippen molar-refractivity contribution in [3.8, 4) is 0 Å². The zero-order chi connectivity index (χ0) is 17.9. The van der Waals surface area contributed by atoms with Gasteiger partial charge in [0, 0.05) is 40.7 Å². The molecule has 0 saturated carbocycles. The molecule has 0 aliphatic heterocycles. The average Bonchev–Trinajstić information content (AvgIpc) is 2.59. The fourth-order valence-corrected chi connectivity index (χ4v) is 2.45. The number of pyridine rings is 2. The van der Waals surface area contributed by atoms with E-state index in [1.165, 1.54) is 6.08 Å². The lowest BCUT2D eigenvalue weighted by atomic mass is 9.91. The molecule has 1 N–H and O–H groups in total. The Bertz CT molecular complexity index is 922. The minimum absolute atomic E-state index is 0.0176. The van der Waals surface area contributed by atoms with Crippen LogP contribution >= 0.6 is 0 Å². The summed E-state index contributed by atoms with van der Waals surface area (Å²) in [4.78, 5) is 20.9. The minimum Gasteiger partial charge on any atom is -0.322 e. The van der Waals surface area contributed by atoms with Crippen LogP contribution in [0.3, 0.4) is 0 Å². The van der Waals surface area contributed by atoms with E-state index in [4.69, 9.17) is 0 Å².